The van der Waals surface area contributed by atoms with E-state index in [0.717, 1.165) is 0 Å². The molecule has 127 valence electrons. The van der Waals surface area contributed by atoms with E-state index in [-0.39, 0.29) is 18.7 Å². The molecule has 3 N–H and O–H groups in total. The first-order valence-corrected chi connectivity index (χ1v) is 7.28. The third-order valence-electron chi connectivity index (χ3n) is 3.74. The third-order valence-corrected chi connectivity index (χ3v) is 3.74. The van der Waals surface area contributed by atoms with E-state index < -0.39 is 29.5 Å². The van der Waals surface area contributed by atoms with Crippen LogP contribution in [0.2, 0.25) is 0 Å². The maximum absolute atomic E-state index is 12.3. The van der Waals surface area contributed by atoms with E-state index in [1.165, 1.54) is 29.2 Å². The lowest BCUT2D eigenvalue weighted by atomic mass is 10.0. The van der Waals surface area contributed by atoms with E-state index in [0.29, 0.717) is 11.4 Å². The van der Waals surface area contributed by atoms with Crippen molar-refractivity contribution in [3.05, 3.63) is 35.9 Å². The van der Waals surface area contributed by atoms with Crippen molar-refractivity contribution in [3.8, 4) is 0 Å². The number of likely N-dealkylation sites (N-methyl/N-ethyl adjacent to an activating group) is 1. The Morgan fingerprint density at radius 2 is 1.83 bits per heavy atom. The van der Waals surface area contributed by atoms with Gasteiger partial charge in [0.1, 0.15) is 0 Å². The van der Waals surface area contributed by atoms with Crippen LogP contribution in [0, 0.1) is 0 Å². The van der Waals surface area contributed by atoms with Crippen molar-refractivity contribution in [3.63, 3.8) is 0 Å². The summed E-state index contributed by atoms with van der Waals surface area (Å²) in [5.41, 5.74) is 4.61. The molecule has 1 aliphatic rings. The van der Waals surface area contributed by atoms with E-state index in [4.69, 9.17) is 5.73 Å². The smallest absolute Gasteiger partial charge is 0.327 e. The molecule has 1 aliphatic heterocycles. The number of aliphatic hydroxyl groups is 1. The standard InChI is InChI=1S/C15H17N4O5/c1-2-18-8-9-19(12(21)11(18)20)14(23)17-15(24,13(16)22)10-6-4-3-5-7-10/h3-7,16,24H,2,8-9H2,1H3,(H,17,23). The van der Waals surface area contributed by atoms with Crippen LogP contribution in [0.5, 0.6) is 0 Å². The average Bonchev–Trinajstić information content (AvgIpc) is 2.57. The molecule has 9 nitrogen and oxygen atoms in total. The van der Waals surface area contributed by atoms with Crippen LogP contribution in [0.4, 0.5) is 4.79 Å². The lowest BCUT2D eigenvalue weighted by Crippen LogP contribution is -2.62. The Bertz CT molecular complexity index is 678. The van der Waals surface area contributed by atoms with Gasteiger partial charge in [-0.05, 0) is 6.92 Å². The van der Waals surface area contributed by atoms with Crippen molar-refractivity contribution >= 4 is 23.8 Å². The molecule has 1 aromatic carbocycles. The number of rotatable bonds is 4. The van der Waals surface area contributed by atoms with E-state index in [1.807, 2.05) is 5.32 Å². The highest BCUT2D eigenvalue weighted by Gasteiger charge is 2.43. The van der Waals surface area contributed by atoms with Crippen LogP contribution in [-0.2, 0) is 20.1 Å². The largest absolute Gasteiger partial charge is 0.359 e. The number of carbonyl (C=O) groups is 4. The van der Waals surface area contributed by atoms with Crippen molar-refractivity contribution in [1.29, 1.82) is 0 Å². The van der Waals surface area contributed by atoms with Crippen molar-refractivity contribution in [2.45, 2.75) is 12.6 Å². The molecule has 1 atom stereocenters. The zero-order chi connectivity index (χ0) is 17.9. The molecule has 0 saturated carbocycles. The number of carbonyl (C=O) groups excluding carboxylic acids is 4. The monoisotopic (exact) mass is 333 g/mol. The number of hydrogen-bond donors (Lipinski definition) is 2. The maximum atomic E-state index is 12.3. The zero-order valence-electron chi connectivity index (χ0n) is 13.0. The molecule has 0 bridgehead atoms. The van der Waals surface area contributed by atoms with Crippen LogP contribution in [0.25, 0.3) is 0 Å². The number of hydrogen-bond acceptors (Lipinski definition) is 5. The topological polar surface area (TPSA) is 131 Å². The summed E-state index contributed by atoms with van der Waals surface area (Å²) in [6.07, 6.45) is 0. The van der Waals surface area contributed by atoms with Gasteiger partial charge in [0, 0.05) is 25.2 Å². The fraction of sp³-hybridized carbons (Fsp3) is 0.333. The molecule has 1 unspecified atom stereocenters. The Kier molecular flexibility index (Phi) is 4.84. The Hall–Kier alpha value is -2.94. The number of nitrogens with one attached hydrogen (secondary N) is 2. The highest BCUT2D eigenvalue weighted by molar-refractivity contribution is 6.38. The molecule has 1 saturated heterocycles. The molecule has 1 heterocycles. The van der Waals surface area contributed by atoms with E-state index in [2.05, 4.69) is 0 Å². The van der Waals surface area contributed by atoms with E-state index >= 15 is 0 Å². The summed E-state index contributed by atoms with van der Waals surface area (Å²) in [7, 11) is 0. The van der Waals surface area contributed by atoms with Gasteiger partial charge in [0.15, 0.2) is 0 Å². The number of nitrogens with zero attached hydrogens (tertiary/aromatic N) is 2. The maximum Gasteiger partial charge on any atom is 0.327 e. The molecule has 9 heteroatoms. The summed E-state index contributed by atoms with van der Waals surface area (Å²) in [5.74, 6) is -3.35. The summed E-state index contributed by atoms with van der Waals surface area (Å²) in [6.45, 7) is 2.13. The molecule has 1 radical (unpaired) electrons. The number of amides is 5. The van der Waals surface area contributed by atoms with Crippen LogP contribution >= 0.6 is 0 Å². The summed E-state index contributed by atoms with van der Waals surface area (Å²) >= 11 is 0. The van der Waals surface area contributed by atoms with Gasteiger partial charge in [0.05, 0.1) is 0 Å². The molecule has 2 rings (SSSR count). The second-order valence-electron chi connectivity index (χ2n) is 5.18. The second kappa shape index (κ2) is 6.67. The normalized spacial score (nSPS) is 17.4. The second-order valence-corrected chi connectivity index (χ2v) is 5.18. The highest BCUT2D eigenvalue weighted by Crippen LogP contribution is 2.19. The van der Waals surface area contributed by atoms with Gasteiger partial charge in [-0.3, -0.25) is 30.3 Å². The third kappa shape index (κ3) is 3.06. The summed E-state index contributed by atoms with van der Waals surface area (Å²) < 4.78 is 0. The first kappa shape index (κ1) is 17.4. The molecule has 5 amide bonds. The van der Waals surface area contributed by atoms with Crippen LogP contribution in [0.15, 0.2) is 30.3 Å². The van der Waals surface area contributed by atoms with Gasteiger partial charge in [-0.25, -0.2) is 4.79 Å². The van der Waals surface area contributed by atoms with Crippen LogP contribution in [0.3, 0.4) is 0 Å². The summed E-state index contributed by atoms with van der Waals surface area (Å²) in [5, 5.41) is 12.4. The van der Waals surface area contributed by atoms with Gasteiger partial charge < -0.3 is 10.0 Å². The van der Waals surface area contributed by atoms with Crippen molar-refractivity contribution in [2.75, 3.05) is 19.6 Å². The van der Waals surface area contributed by atoms with Gasteiger partial charge in [-0.2, -0.15) is 0 Å². The molecular formula is C15H17N4O5. The summed E-state index contributed by atoms with van der Waals surface area (Å²) in [6, 6.07) is 6.26. The van der Waals surface area contributed by atoms with Gasteiger partial charge in [0.25, 0.3) is 5.91 Å². The van der Waals surface area contributed by atoms with Crippen LogP contribution < -0.4 is 11.1 Å². The van der Waals surface area contributed by atoms with Gasteiger partial charge in [0.2, 0.25) is 5.72 Å². The Labute approximate surface area is 138 Å². The van der Waals surface area contributed by atoms with Gasteiger partial charge in [-0.15, -0.1) is 0 Å². The minimum absolute atomic E-state index is 0.0238. The number of benzene rings is 1. The van der Waals surface area contributed by atoms with Crippen molar-refractivity contribution in [2.24, 2.45) is 0 Å². The minimum Gasteiger partial charge on any atom is -0.359 e. The zero-order valence-corrected chi connectivity index (χ0v) is 13.0. The molecule has 1 aromatic rings. The molecular weight excluding hydrogens is 316 g/mol. The minimum atomic E-state index is -2.61. The van der Waals surface area contributed by atoms with Crippen LogP contribution in [-0.4, -0.2) is 58.3 Å². The highest BCUT2D eigenvalue weighted by atomic mass is 16.3. The predicted octanol–water partition coefficient (Wildman–Crippen LogP) is -0.958. The fourth-order valence-corrected chi connectivity index (χ4v) is 2.33. The van der Waals surface area contributed by atoms with Crippen LogP contribution in [0.1, 0.15) is 12.5 Å². The fourth-order valence-electron chi connectivity index (χ4n) is 2.33. The number of urea groups is 1. The first-order chi connectivity index (χ1) is 11.3. The molecule has 0 spiro atoms. The Balaban J connectivity index is 2.22. The average molecular weight is 333 g/mol. The lowest BCUT2D eigenvalue weighted by molar-refractivity contribution is -0.154. The van der Waals surface area contributed by atoms with Crippen molar-refractivity contribution in [1.82, 2.24) is 20.9 Å². The Morgan fingerprint density at radius 1 is 1.21 bits per heavy atom. The summed E-state index contributed by atoms with van der Waals surface area (Å²) in [4.78, 5) is 49.5. The molecule has 0 aromatic heterocycles. The predicted molar refractivity (Wildman–Crippen MR) is 80.9 cm³/mol. The van der Waals surface area contributed by atoms with Crippen molar-refractivity contribution < 1.29 is 24.3 Å². The molecule has 1 fully saturated rings. The SMILES string of the molecule is CCN1CCN(C(=O)NC(O)(C([NH])=O)c2ccccc2)C(=O)C1=O. The van der Waals surface area contributed by atoms with E-state index in [1.54, 1.807) is 13.0 Å². The lowest BCUT2D eigenvalue weighted by Gasteiger charge is -2.34. The number of imide groups is 1. The quantitative estimate of drug-likeness (QED) is 0.541. The molecule has 24 heavy (non-hydrogen) atoms. The first-order valence-electron chi connectivity index (χ1n) is 7.28. The Morgan fingerprint density at radius 3 is 2.38 bits per heavy atom. The van der Waals surface area contributed by atoms with Gasteiger partial charge >= 0.3 is 17.8 Å². The van der Waals surface area contributed by atoms with E-state index in [9.17, 15) is 24.3 Å². The van der Waals surface area contributed by atoms with Gasteiger partial charge in [-0.1, -0.05) is 30.3 Å². The molecule has 0 aliphatic carbocycles. The number of piperazine rings is 1.